The van der Waals surface area contributed by atoms with Crippen molar-refractivity contribution >= 4 is 105 Å². The highest BCUT2D eigenvalue weighted by molar-refractivity contribution is 6.31. The van der Waals surface area contributed by atoms with E-state index < -0.39 is 0 Å². The van der Waals surface area contributed by atoms with Crippen molar-refractivity contribution in [3.05, 3.63) is 174 Å². The molecule has 9 rings (SSSR count). The molecule has 5 aromatic carbocycles. The lowest BCUT2D eigenvalue weighted by molar-refractivity contribution is -0.131. The largest absolute Gasteiger partial charge is 0.395 e. The number of halogens is 5. The summed E-state index contributed by atoms with van der Waals surface area (Å²) in [5.74, 6) is 0.580. The first-order chi connectivity index (χ1) is 53.2. The average molecular weight is 1650 g/mol. The van der Waals surface area contributed by atoms with E-state index in [1.165, 1.54) is 0 Å². The predicted octanol–water partition coefficient (Wildman–Crippen LogP) is 12.1. The van der Waals surface area contributed by atoms with Gasteiger partial charge < -0.3 is 30.6 Å². The number of carbonyl (C=O) groups excluding carboxylic acids is 8. The lowest BCUT2D eigenvalue weighted by Crippen LogP contribution is -2.49. The minimum Gasteiger partial charge on any atom is -0.395 e. The van der Waals surface area contributed by atoms with Crippen LogP contribution >= 0.6 is 58.0 Å². The molecule has 0 aromatic heterocycles. The number of likely N-dealkylation sites (N-methyl/N-ethyl adjacent to an activating group) is 1. The van der Waals surface area contributed by atoms with Crippen LogP contribution in [0.5, 0.6) is 0 Å². The van der Waals surface area contributed by atoms with Gasteiger partial charge in [-0.05, 0) is 88.5 Å². The number of hydrogen-bond acceptors (Lipinski definition) is 17. The summed E-state index contributed by atoms with van der Waals surface area (Å²) in [5, 5.41) is 27.0. The Labute approximate surface area is 692 Å². The van der Waals surface area contributed by atoms with Crippen LogP contribution < -0.4 is 10.6 Å². The second-order valence-electron chi connectivity index (χ2n) is 31.0. The fraction of sp³-hybridized carbons (Fsp3) is 0.563. The van der Waals surface area contributed by atoms with E-state index in [-0.39, 0.29) is 126 Å². The molecule has 618 valence electrons. The summed E-state index contributed by atoms with van der Waals surface area (Å²) in [6.45, 7) is 41.8. The Morgan fingerprint density at radius 2 is 0.518 bits per heavy atom. The molecule has 3 amide bonds. The van der Waals surface area contributed by atoms with Gasteiger partial charge >= 0.3 is 0 Å². The fourth-order valence-corrected chi connectivity index (χ4v) is 14.6. The molecule has 4 aliphatic rings. The molecule has 0 spiro atoms. The number of β-amino-alcohol motifs (C(OH)–C–C–N with tert-alkyl or cyclic N) is 2. The third-order valence-corrected chi connectivity index (χ3v) is 22.3. The summed E-state index contributed by atoms with van der Waals surface area (Å²) in [6.07, 6.45) is 0. The summed E-state index contributed by atoms with van der Waals surface area (Å²) in [7, 11) is 1.58. The Morgan fingerprint density at radius 1 is 0.321 bits per heavy atom. The van der Waals surface area contributed by atoms with Gasteiger partial charge in [-0.3, -0.25) is 67.8 Å². The quantitative estimate of drug-likeness (QED) is 0.0323. The molecular formula is C87H125Cl5N10O10. The number of nitrogens with zero attached hydrogens (tertiary/aromatic N) is 8. The van der Waals surface area contributed by atoms with Crippen LogP contribution in [0.25, 0.3) is 0 Å². The van der Waals surface area contributed by atoms with E-state index in [0.29, 0.717) is 44.7 Å². The maximum absolute atomic E-state index is 12.7. The number of hydrogen-bond donors (Lipinski definition) is 4. The molecule has 5 aromatic rings. The number of amides is 3. The topological polar surface area (TPSA) is 227 Å². The van der Waals surface area contributed by atoms with Crippen LogP contribution in [0.2, 0.25) is 25.1 Å². The van der Waals surface area contributed by atoms with Crippen molar-refractivity contribution in [1.29, 1.82) is 0 Å². The predicted molar refractivity (Wildman–Crippen MR) is 454 cm³/mol. The van der Waals surface area contributed by atoms with Crippen LogP contribution in [-0.2, 0) is 38.4 Å². The minimum atomic E-state index is -0.267. The van der Waals surface area contributed by atoms with Crippen LogP contribution in [0.15, 0.2) is 121 Å². The SMILES string of the molecule is CC(=O)N1CCN(C[C@@H](C(=O)C(C)C)c2ccc(Cl)cc2)CC1.CC(=O)N1CCN(C[C@H](C(=O)C(C)C)c2ccc(Cl)cc2)CC1.CC(C)C(=O)[C@@H](CN1CCN(CCO)CC1)c1ccc(Cl)cc1.CC(C)C(=O)[C@H](CN1CCN(CCO)CC1)c1ccc(Cl)cc1.CNC(=O)CNC[C@@H](C(=O)C(C)C)c1ccc(Cl)cc1. The van der Waals surface area contributed by atoms with E-state index in [1.807, 2.05) is 188 Å². The third-order valence-electron chi connectivity index (χ3n) is 21.0. The molecule has 25 heteroatoms. The number of Topliss-reactive ketones (excluding diaryl/α,β-unsaturated/α-hetero) is 5. The van der Waals surface area contributed by atoms with Gasteiger partial charge in [-0.1, -0.05) is 188 Å². The Balaban J connectivity index is 0.000000251. The van der Waals surface area contributed by atoms with Gasteiger partial charge in [0.25, 0.3) is 0 Å². The molecule has 4 saturated heterocycles. The highest BCUT2D eigenvalue weighted by Gasteiger charge is 2.33. The van der Waals surface area contributed by atoms with Gasteiger partial charge in [-0.25, -0.2) is 0 Å². The molecular weight excluding hydrogens is 1520 g/mol. The second-order valence-corrected chi connectivity index (χ2v) is 33.1. The Bertz CT molecular complexity index is 3460. The molecule has 0 aliphatic carbocycles. The van der Waals surface area contributed by atoms with Crippen molar-refractivity contribution in [3.8, 4) is 0 Å². The minimum absolute atomic E-state index is 0.00538. The number of nitrogens with one attached hydrogen (secondary N) is 2. The number of aliphatic hydroxyl groups excluding tert-OH is 2. The molecule has 5 atom stereocenters. The molecule has 0 saturated carbocycles. The molecule has 20 nitrogen and oxygen atoms in total. The number of rotatable bonds is 31. The lowest BCUT2D eigenvalue weighted by atomic mass is 9.88. The summed E-state index contributed by atoms with van der Waals surface area (Å²) in [4.78, 5) is 114. The Kier molecular flexibility index (Phi) is 43.5. The van der Waals surface area contributed by atoms with Crippen molar-refractivity contribution < 1.29 is 48.6 Å². The first-order valence-corrected chi connectivity index (χ1v) is 41.6. The van der Waals surface area contributed by atoms with Crippen molar-refractivity contribution in [2.24, 2.45) is 29.6 Å². The van der Waals surface area contributed by atoms with Crippen LogP contribution in [0.3, 0.4) is 0 Å². The summed E-state index contributed by atoms with van der Waals surface area (Å²) >= 11 is 29.7. The monoisotopic (exact) mass is 1640 g/mol. The molecule has 4 aliphatic heterocycles. The standard InChI is InChI=1S/2C18H25ClN2O2.2C18H27ClN2O2.C15H21ClN2O2/c2*1-13(2)18(23)17(15-4-6-16(19)7-5-15)12-20-8-10-21(11-9-20)14(3)22;2*1-14(2)18(23)17(15-3-5-16(19)6-4-15)13-21-9-7-20(8-10-21)11-12-22;1-10(2)15(20)13(8-18-9-14(19)17-3)11-4-6-12(16)7-5-11/h2*4-7,13,17H,8-12H2,1-3H3;2*3-6,14,17,22H,7-13H2,1-2H3;4-7,10,13,18H,8-9H2,1-3H3,(H,17,19)/t4*17-;13-/m10101/s1. The first kappa shape index (κ1) is 96.5. The van der Waals surface area contributed by atoms with E-state index in [4.69, 9.17) is 68.2 Å². The maximum atomic E-state index is 12.7. The van der Waals surface area contributed by atoms with Crippen LogP contribution in [-0.4, -0.2) is 273 Å². The normalized spacial score (nSPS) is 16.8. The number of carbonyl (C=O) groups is 8. The zero-order valence-electron chi connectivity index (χ0n) is 68.3. The molecule has 4 fully saturated rings. The van der Waals surface area contributed by atoms with Crippen LogP contribution in [0.4, 0.5) is 0 Å². The Morgan fingerprint density at radius 3 is 0.714 bits per heavy atom. The third kappa shape index (κ3) is 33.3. The smallest absolute Gasteiger partial charge is 0.233 e. The highest BCUT2D eigenvalue weighted by atomic mass is 35.5. The van der Waals surface area contributed by atoms with Gasteiger partial charge in [0, 0.05) is 226 Å². The van der Waals surface area contributed by atoms with E-state index in [0.717, 1.165) is 159 Å². The second kappa shape index (κ2) is 50.4. The molecule has 0 radical (unpaired) electrons. The Hall–Kier alpha value is -6.05. The van der Waals surface area contributed by atoms with Gasteiger partial charge in [-0.2, -0.15) is 0 Å². The number of piperazine rings is 4. The van der Waals surface area contributed by atoms with Crippen molar-refractivity contribution in [1.82, 2.24) is 49.8 Å². The van der Waals surface area contributed by atoms with Crippen molar-refractivity contribution in [2.45, 2.75) is 113 Å². The van der Waals surface area contributed by atoms with Crippen molar-refractivity contribution in [2.75, 3.05) is 177 Å². The summed E-state index contributed by atoms with van der Waals surface area (Å²) in [5.41, 5.74) is 5.04. The molecule has 4 heterocycles. The first-order valence-electron chi connectivity index (χ1n) is 39.7. The van der Waals surface area contributed by atoms with Gasteiger partial charge in [0.1, 0.15) is 28.9 Å². The molecule has 0 unspecified atom stereocenters. The molecule has 4 N–H and O–H groups in total. The van der Waals surface area contributed by atoms with Crippen LogP contribution in [0, 0.1) is 29.6 Å². The fourth-order valence-electron chi connectivity index (χ4n) is 13.9. The van der Waals surface area contributed by atoms with E-state index in [2.05, 4.69) is 40.0 Å². The number of aliphatic hydroxyl groups is 2. The van der Waals surface area contributed by atoms with Gasteiger partial charge in [0.2, 0.25) is 17.7 Å². The average Bonchev–Trinajstić information content (AvgIpc) is 0.854. The number of benzene rings is 5. The maximum Gasteiger partial charge on any atom is 0.233 e. The summed E-state index contributed by atoms with van der Waals surface area (Å²) < 4.78 is 0. The molecule has 112 heavy (non-hydrogen) atoms. The van der Waals surface area contributed by atoms with Crippen molar-refractivity contribution in [3.63, 3.8) is 0 Å². The van der Waals surface area contributed by atoms with E-state index >= 15 is 0 Å². The van der Waals surface area contributed by atoms with Gasteiger partial charge in [-0.15, -0.1) is 0 Å². The summed E-state index contributed by atoms with van der Waals surface area (Å²) in [6, 6.07) is 37.7. The van der Waals surface area contributed by atoms with Gasteiger partial charge in [0.15, 0.2) is 0 Å². The van der Waals surface area contributed by atoms with Crippen LogP contribution in [0.1, 0.15) is 140 Å². The zero-order chi connectivity index (χ0) is 82.7. The molecule has 0 bridgehead atoms. The highest BCUT2D eigenvalue weighted by Crippen LogP contribution is 2.30. The zero-order valence-corrected chi connectivity index (χ0v) is 72.1. The van der Waals surface area contributed by atoms with E-state index in [1.54, 1.807) is 33.0 Å². The van der Waals surface area contributed by atoms with Gasteiger partial charge in [0.05, 0.1) is 49.3 Å². The number of ketones is 5. The lowest BCUT2D eigenvalue weighted by Gasteiger charge is -2.36. The van der Waals surface area contributed by atoms with E-state index in [9.17, 15) is 38.4 Å².